The van der Waals surface area contributed by atoms with Gasteiger partial charge < -0.3 is 20.7 Å². The van der Waals surface area contributed by atoms with Gasteiger partial charge in [-0.25, -0.2) is 4.98 Å². The van der Waals surface area contributed by atoms with Crippen LogP contribution in [0.25, 0.3) is 22.2 Å². The molecule has 2 aromatic heterocycles. The molecule has 0 aliphatic rings. The van der Waals surface area contributed by atoms with Crippen molar-refractivity contribution in [2.75, 3.05) is 25.0 Å². The maximum Gasteiger partial charge on any atom is 0.251 e. The topological polar surface area (TPSA) is 90.0 Å². The summed E-state index contributed by atoms with van der Waals surface area (Å²) in [6.45, 7) is 2.98. The smallest absolute Gasteiger partial charge is 0.251 e. The number of anilines is 1. The third-order valence-electron chi connectivity index (χ3n) is 3.74. The Morgan fingerprint density at radius 1 is 1.25 bits per heavy atom. The molecule has 2 heterocycles. The van der Waals surface area contributed by atoms with Crippen LogP contribution in [0.4, 0.5) is 5.82 Å². The highest BCUT2D eigenvalue weighted by Crippen LogP contribution is 2.30. The van der Waals surface area contributed by atoms with Gasteiger partial charge in [-0.15, -0.1) is 0 Å². The van der Waals surface area contributed by atoms with Gasteiger partial charge in [-0.3, -0.25) is 4.79 Å². The summed E-state index contributed by atoms with van der Waals surface area (Å²) >= 11 is 0. The van der Waals surface area contributed by atoms with Crippen LogP contribution < -0.4 is 10.6 Å². The van der Waals surface area contributed by atoms with E-state index >= 15 is 0 Å². The van der Waals surface area contributed by atoms with Crippen molar-refractivity contribution >= 4 is 22.8 Å². The van der Waals surface area contributed by atoms with Crippen molar-refractivity contribution in [3.8, 4) is 11.1 Å². The number of nitrogens with zero attached hydrogens (tertiary/aromatic N) is 1. The fourth-order valence-corrected chi connectivity index (χ4v) is 2.61. The molecule has 0 unspecified atom stereocenters. The van der Waals surface area contributed by atoms with Gasteiger partial charge in [-0.05, 0) is 42.3 Å². The highest BCUT2D eigenvalue weighted by atomic mass is 16.3. The lowest BCUT2D eigenvalue weighted by Crippen LogP contribution is -2.22. The number of hydrogen-bond donors (Lipinski definition) is 4. The van der Waals surface area contributed by atoms with Crippen LogP contribution in [0.3, 0.4) is 0 Å². The van der Waals surface area contributed by atoms with E-state index in [0.29, 0.717) is 24.5 Å². The quantitative estimate of drug-likeness (QED) is 0.560. The lowest BCUT2D eigenvalue weighted by molar-refractivity contribution is 0.0956. The van der Waals surface area contributed by atoms with Gasteiger partial charge in [0.25, 0.3) is 5.91 Å². The van der Waals surface area contributed by atoms with E-state index in [2.05, 4.69) is 20.6 Å². The number of aliphatic hydroxyl groups is 1. The predicted octanol–water partition coefficient (Wildman–Crippen LogP) is 2.38. The average Bonchev–Trinajstić information content (AvgIpc) is 3.08. The van der Waals surface area contributed by atoms with Crippen molar-refractivity contribution in [3.63, 3.8) is 0 Å². The Kier molecular flexibility index (Phi) is 4.77. The first kappa shape index (κ1) is 16.0. The van der Waals surface area contributed by atoms with Gasteiger partial charge in [0.2, 0.25) is 0 Å². The highest BCUT2D eigenvalue weighted by Gasteiger charge is 2.10. The van der Waals surface area contributed by atoms with Gasteiger partial charge in [0.05, 0.1) is 6.61 Å². The molecule has 0 spiro atoms. The Morgan fingerprint density at radius 3 is 2.75 bits per heavy atom. The van der Waals surface area contributed by atoms with Crippen molar-refractivity contribution in [2.24, 2.45) is 0 Å². The lowest BCUT2D eigenvalue weighted by atomic mass is 10.0. The van der Waals surface area contributed by atoms with E-state index < -0.39 is 0 Å². The standard InChI is InChI=1S/C18H20N4O2/c1-2-19-18(24)13-5-3-12(4-6-13)15-11-16(20-9-10-23)22-17-14(15)7-8-21-17/h3-8,11,23H,2,9-10H2,1H3,(H,19,24)(H2,20,21,22). The first-order valence-corrected chi connectivity index (χ1v) is 7.94. The second kappa shape index (κ2) is 7.14. The zero-order chi connectivity index (χ0) is 16.9. The normalized spacial score (nSPS) is 10.8. The highest BCUT2D eigenvalue weighted by molar-refractivity contribution is 5.97. The van der Waals surface area contributed by atoms with Crippen LogP contribution in [0, 0.1) is 0 Å². The molecule has 0 aliphatic carbocycles. The van der Waals surface area contributed by atoms with Gasteiger partial charge in [0, 0.05) is 30.2 Å². The number of nitrogens with one attached hydrogen (secondary N) is 3. The summed E-state index contributed by atoms with van der Waals surface area (Å²) in [4.78, 5) is 19.5. The molecule has 0 radical (unpaired) electrons. The minimum atomic E-state index is -0.0733. The van der Waals surface area contributed by atoms with E-state index in [9.17, 15) is 4.79 Å². The van der Waals surface area contributed by atoms with E-state index in [-0.39, 0.29) is 12.5 Å². The third-order valence-corrected chi connectivity index (χ3v) is 3.74. The van der Waals surface area contributed by atoms with Gasteiger partial charge >= 0.3 is 0 Å². The second-order valence-corrected chi connectivity index (χ2v) is 5.38. The van der Waals surface area contributed by atoms with Crippen LogP contribution in [0.15, 0.2) is 42.6 Å². The van der Waals surface area contributed by atoms with Crippen LogP contribution in [-0.2, 0) is 0 Å². The minimum Gasteiger partial charge on any atom is -0.395 e. The van der Waals surface area contributed by atoms with Crippen molar-refractivity contribution in [2.45, 2.75) is 6.92 Å². The van der Waals surface area contributed by atoms with Crippen molar-refractivity contribution in [3.05, 3.63) is 48.2 Å². The fraction of sp³-hybridized carbons (Fsp3) is 0.222. The zero-order valence-corrected chi connectivity index (χ0v) is 13.5. The van der Waals surface area contributed by atoms with E-state index in [0.717, 1.165) is 22.2 Å². The van der Waals surface area contributed by atoms with Crippen LogP contribution in [-0.4, -0.2) is 40.7 Å². The minimum absolute atomic E-state index is 0.0427. The molecule has 0 bridgehead atoms. The average molecular weight is 324 g/mol. The lowest BCUT2D eigenvalue weighted by Gasteiger charge is -2.09. The predicted molar refractivity (Wildman–Crippen MR) is 95.1 cm³/mol. The first-order valence-electron chi connectivity index (χ1n) is 7.94. The number of benzene rings is 1. The monoisotopic (exact) mass is 324 g/mol. The van der Waals surface area contributed by atoms with Crippen LogP contribution in [0.2, 0.25) is 0 Å². The number of hydrogen-bond acceptors (Lipinski definition) is 4. The number of aromatic nitrogens is 2. The molecule has 0 atom stereocenters. The summed E-state index contributed by atoms with van der Waals surface area (Å²) in [6, 6.07) is 11.4. The molecule has 3 aromatic rings. The fourth-order valence-electron chi connectivity index (χ4n) is 2.61. The number of amides is 1. The Labute approximate surface area is 139 Å². The number of aromatic amines is 1. The molecule has 0 fully saturated rings. The van der Waals surface area contributed by atoms with E-state index in [1.54, 1.807) is 0 Å². The number of rotatable bonds is 6. The molecule has 1 amide bonds. The van der Waals surface area contributed by atoms with Crippen LogP contribution in [0.5, 0.6) is 0 Å². The molecule has 0 saturated heterocycles. The van der Waals surface area contributed by atoms with E-state index in [1.807, 2.05) is 49.5 Å². The molecule has 1 aromatic carbocycles. The summed E-state index contributed by atoms with van der Waals surface area (Å²) in [5, 5.41) is 15.9. The Bertz CT molecular complexity index is 840. The number of carbonyl (C=O) groups excluding carboxylic acids is 1. The maximum absolute atomic E-state index is 11.9. The van der Waals surface area contributed by atoms with Crippen LogP contribution >= 0.6 is 0 Å². The molecule has 6 heteroatoms. The summed E-state index contributed by atoms with van der Waals surface area (Å²) in [5.41, 5.74) is 3.44. The largest absolute Gasteiger partial charge is 0.395 e. The molecule has 6 nitrogen and oxygen atoms in total. The Morgan fingerprint density at radius 2 is 2.04 bits per heavy atom. The number of H-pyrrole nitrogens is 1. The second-order valence-electron chi connectivity index (χ2n) is 5.38. The molecule has 0 aliphatic heterocycles. The van der Waals surface area contributed by atoms with Gasteiger partial charge in [0.1, 0.15) is 11.5 Å². The molecule has 24 heavy (non-hydrogen) atoms. The SMILES string of the molecule is CCNC(=O)c1ccc(-c2cc(NCCO)nc3[nH]ccc23)cc1. The zero-order valence-electron chi connectivity index (χ0n) is 13.5. The molecule has 124 valence electrons. The van der Waals surface area contributed by atoms with E-state index in [1.165, 1.54) is 0 Å². The van der Waals surface area contributed by atoms with Crippen LogP contribution in [0.1, 0.15) is 17.3 Å². The molecule has 0 saturated carbocycles. The molecular weight excluding hydrogens is 304 g/mol. The third kappa shape index (κ3) is 3.23. The molecular formula is C18H20N4O2. The number of pyridine rings is 1. The number of aliphatic hydroxyl groups excluding tert-OH is 1. The van der Waals surface area contributed by atoms with Gasteiger partial charge in [-0.2, -0.15) is 0 Å². The maximum atomic E-state index is 11.9. The summed E-state index contributed by atoms with van der Waals surface area (Å²) in [6.07, 6.45) is 1.85. The summed E-state index contributed by atoms with van der Waals surface area (Å²) < 4.78 is 0. The first-order chi connectivity index (χ1) is 11.7. The Hall–Kier alpha value is -2.86. The molecule has 4 N–H and O–H groups in total. The van der Waals surface area contributed by atoms with Gasteiger partial charge in [-0.1, -0.05) is 12.1 Å². The van der Waals surface area contributed by atoms with Crippen molar-refractivity contribution < 1.29 is 9.90 Å². The van der Waals surface area contributed by atoms with Crippen molar-refractivity contribution in [1.29, 1.82) is 0 Å². The molecule has 3 rings (SSSR count). The van der Waals surface area contributed by atoms with Gasteiger partial charge in [0.15, 0.2) is 0 Å². The van der Waals surface area contributed by atoms with E-state index in [4.69, 9.17) is 5.11 Å². The Balaban J connectivity index is 1.98. The van der Waals surface area contributed by atoms with Crippen molar-refractivity contribution in [1.82, 2.24) is 15.3 Å². The number of fused-ring (bicyclic) bond motifs is 1. The summed E-state index contributed by atoms with van der Waals surface area (Å²) in [7, 11) is 0. The summed E-state index contributed by atoms with van der Waals surface area (Å²) in [5.74, 6) is 0.623. The number of carbonyl (C=O) groups is 1.